The highest BCUT2D eigenvalue weighted by molar-refractivity contribution is 7.00. The van der Waals surface area contributed by atoms with Crippen LogP contribution in [0.1, 0.15) is 15.9 Å². The van der Waals surface area contributed by atoms with E-state index in [-0.39, 0.29) is 11.0 Å². The van der Waals surface area contributed by atoms with E-state index in [0.29, 0.717) is 17.8 Å². The van der Waals surface area contributed by atoms with E-state index in [9.17, 15) is 18.0 Å². The van der Waals surface area contributed by atoms with E-state index >= 15 is 0 Å². The summed E-state index contributed by atoms with van der Waals surface area (Å²) in [6, 6.07) is 1.63. The summed E-state index contributed by atoms with van der Waals surface area (Å²) in [4.78, 5) is 10.6. The van der Waals surface area contributed by atoms with E-state index in [1.54, 1.807) is 0 Å². The normalized spacial score (nSPS) is 11.9. The molecule has 0 saturated carbocycles. The SMILES string of the molecule is O=C(O)c1cc(C(F)(F)F)c2nsnc2c1. The van der Waals surface area contributed by atoms with Crippen molar-refractivity contribution < 1.29 is 23.1 Å². The van der Waals surface area contributed by atoms with Crippen LogP contribution in [0, 0.1) is 0 Å². The number of halogens is 3. The van der Waals surface area contributed by atoms with Gasteiger partial charge in [0.05, 0.1) is 22.9 Å². The molecule has 4 nitrogen and oxygen atoms in total. The smallest absolute Gasteiger partial charge is 0.418 e. The maximum atomic E-state index is 12.6. The average Bonchev–Trinajstić information content (AvgIpc) is 2.61. The largest absolute Gasteiger partial charge is 0.478 e. The molecule has 0 radical (unpaired) electrons. The molecule has 0 aliphatic rings. The molecule has 0 bridgehead atoms. The Morgan fingerprint density at radius 3 is 2.56 bits per heavy atom. The molecule has 0 aliphatic carbocycles. The van der Waals surface area contributed by atoms with Crippen LogP contribution in [0.15, 0.2) is 12.1 Å². The van der Waals surface area contributed by atoms with Crippen LogP contribution in [0.5, 0.6) is 0 Å². The standard InChI is InChI=1S/C8H3F3N2O2S/c9-8(10,11)4-1-3(7(14)15)2-5-6(4)13-16-12-5/h1-2H,(H,14,15). The molecule has 16 heavy (non-hydrogen) atoms. The van der Waals surface area contributed by atoms with Crippen molar-refractivity contribution in [2.45, 2.75) is 6.18 Å². The molecule has 1 heterocycles. The van der Waals surface area contributed by atoms with Gasteiger partial charge < -0.3 is 5.11 Å². The fourth-order valence-corrected chi connectivity index (χ4v) is 1.77. The molecule has 1 N–H and O–H groups in total. The van der Waals surface area contributed by atoms with Gasteiger partial charge in [0.25, 0.3) is 0 Å². The van der Waals surface area contributed by atoms with Crippen molar-refractivity contribution >= 4 is 28.7 Å². The zero-order valence-electron chi connectivity index (χ0n) is 7.45. The van der Waals surface area contributed by atoms with Gasteiger partial charge in [0, 0.05) is 0 Å². The number of carboxylic acids is 1. The Morgan fingerprint density at radius 2 is 2.00 bits per heavy atom. The molecule has 1 aromatic carbocycles. The number of fused-ring (bicyclic) bond motifs is 1. The van der Waals surface area contributed by atoms with Crippen molar-refractivity contribution in [2.24, 2.45) is 0 Å². The van der Waals surface area contributed by atoms with E-state index in [4.69, 9.17) is 5.11 Å². The number of carbonyl (C=O) groups is 1. The number of carboxylic acid groups (broad SMARTS) is 1. The van der Waals surface area contributed by atoms with Gasteiger partial charge in [0.2, 0.25) is 0 Å². The first-order valence-corrected chi connectivity index (χ1v) is 4.69. The Hall–Kier alpha value is -1.70. The first-order chi connectivity index (χ1) is 7.39. The van der Waals surface area contributed by atoms with Crippen LogP contribution in [0.3, 0.4) is 0 Å². The van der Waals surface area contributed by atoms with Gasteiger partial charge in [0.15, 0.2) is 0 Å². The van der Waals surface area contributed by atoms with Crippen LogP contribution in [0.4, 0.5) is 13.2 Å². The van der Waals surface area contributed by atoms with E-state index < -0.39 is 23.3 Å². The number of aromatic carboxylic acids is 1. The fourth-order valence-electron chi connectivity index (χ4n) is 1.23. The van der Waals surface area contributed by atoms with Crippen molar-refractivity contribution in [1.29, 1.82) is 0 Å². The van der Waals surface area contributed by atoms with Crippen LogP contribution in [0.2, 0.25) is 0 Å². The monoisotopic (exact) mass is 248 g/mol. The van der Waals surface area contributed by atoms with Gasteiger partial charge in [-0.15, -0.1) is 0 Å². The quantitative estimate of drug-likeness (QED) is 0.841. The predicted octanol–water partition coefficient (Wildman–Crippen LogP) is 2.41. The molecule has 0 fully saturated rings. The highest BCUT2D eigenvalue weighted by atomic mass is 32.1. The van der Waals surface area contributed by atoms with E-state index in [2.05, 4.69) is 8.75 Å². The lowest BCUT2D eigenvalue weighted by Gasteiger charge is -2.07. The summed E-state index contributed by atoms with van der Waals surface area (Å²) in [6.45, 7) is 0. The summed E-state index contributed by atoms with van der Waals surface area (Å²) >= 11 is 0.611. The molecule has 0 aliphatic heterocycles. The highest BCUT2D eigenvalue weighted by Gasteiger charge is 2.35. The van der Waals surface area contributed by atoms with Crippen LogP contribution in [-0.2, 0) is 6.18 Å². The summed E-state index contributed by atoms with van der Waals surface area (Å²) in [5.41, 5.74) is -1.90. The summed E-state index contributed by atoms with van der Waals surface area (Å²) in [6.07, 6.45) is -4.64. The van der Waals surface area contributed by atoms with E-state index in [1.165, 1.54) is 0 Å². The van der Waals surface area contributed by atoms with Gasteiger partial charge in [-0.25, -0.2) is 4.79 Å². The van der Waals surface area contributed by atoms with Crippen LogP contribution in [-0.4, -0.2) is 19.8 Å². The number of nitrogens with zero attached hydrogens (tertiary/aromatic N) is 2. The molecule has 0 spiro atoms. The van der Waals surface area contributed by atoms with Gasteiger partial charge >= 0.3 is 12.1 Å². The Bertz CT molecular complexity index is 564. The molecule has 0 unspecified atom stereocenters. The number of hydrogen-bond acceptors (Lipinski definition) is 4. The summed E-state index contributed by atoms with van der Waals surface area (Å²) < 4.78 is 44.9. The van der Waals surface area contributed by atoms with Crippen molar-refractivity contribution in [2.75, 3.05) is 0 Å². The van der Waals surface area contributed by atoms with Gasteiger partial charge in [-0.3, -0.25) is 0 Å². The molecule has 2 aromatic rings. The average molecular weight is 248 g/mol. The van der Waals surface area contributed by atoms with Crippen LogP contribution in [0.25, 0.3) is 11.0 Å². The van der Waals surface area contributed by atoms with E-state index in [0.717, 1.165) is 6.07 Å². The Labute approximate surface area is 90.7 Å². The first-order valence-electron chi connectivity index (χ1n) is 3.96. The zero-order chi connectivity index (χ0) is 11.9. The lowest BCUT2D eigenvalue weighted by molar-refractivity contribution is -0.136. The second-order valence-corrected chi connectivity index (χ2v) is 3.49. The summed E-state index contributed by atoms with van der Waals surface area (Å²) in [5.74, 6) is -1.43. The number of rotatable bonds is 1. The van der Waals surface area contributed by atoms with E-state index in [1.807, 2.05) is 0 Å². The minimum Gasteiger partial charge on any atom is -0.478 e. The minimum atomic E-state index is -4.64. The topological polar surface area (TPSA) is 63.1 Å². The van der Waals surface area contributed by atoms with Crippen LogP contribution >= 0.6 is 11.7 Å². The van der Waals surface area contributed by atoms with Gasteiger partial charge in [-0.1, -0.05) is 0 Å². The molecule has 0 atom stereocenters. The fraction of sp³-hybridized carbons (Fsp3) is 0.125. The van der Waals surface area contributed by atoms with Gasteiger partial charge in [-0.05, 0) is 12.1 Å². The lowest BCUT2D eigenvalue weighted by atomic mass is 10.1. The maximum absolute atomic E-state index is 12.6. The molecule has 84 valence electrons. The highest BCUT2D eigenvalue weighted by Crippen LogP contribution is 2.34. The number of benzene rings is 1. The number of alkyl halides is 3. The Morgan fingerprint density at radius 1 is 1.31 bits per heavy atom. The van der Waals surface area contributed by atoms with Crippen molar-refractivity contribution in [1.82, 2.24) is 8.75 Å². The third-order valence-electron chi connectivity index (χ3n) is 1.91. The molecule has 0 saturated heterocycles. The molecule has 2 rings (SSSR count). The van der Waals surface area contributed by atoms with Crippen molar-refractivity contribution in [3.8, 4) is 0 Å². The third kappa shape index (κ3) is 1.71. The number of aromatic nitrogens is 2. The molecular formula is C8H3F3N2O2S. The molecule has 0 amide bonds. The van der Waals surface area contributed by atoms with Crippen molar-refractivity contribution in [3.05, 3.63) is 23.3 Å². The lowest BCUT2D eigenvalue weighted by Crippen LogP contribution is -2.08. The minimum absolute atomic E-state index is 0.0581. The molecule has 1 aromatic heterocycles. The zero-order valence-corrected chi connectivity index (χ0v) is 8.26. The number of hydrogen-bond donors (Lipinski definition) is 1. The summed E-state index contributed by atoms with van der Waals surface area (Å²) in [5, 5.41) is 8.66. The maximum Gasteiger partial charge on any atom is 0.418 e. The van der Waals surface area contributed by atoms with Gasteiger partial charge in [0.1, 0.15) is 11.0 Å². The predicted molar refractivity (Wildman–Crippen MR) is 49.4 cm³/mol. The molecular weight excluding hydrogens is 245 g/mol. The second kappa shape index (κ2) is 3.41. The Balaban J connectivity index is 2.79. The third-order valence-corrected chi connectivity index (χ3v) is 2.46. The molecule has 8 heteroatoms. The van der Waals surface area contributed by atoms with Crippen molar-refractivity contribution in [3.63, 3.8) is 0 Å². The Kier molecular flexibility index (Phi) is 2.30. The summed E-state index contributed by atoms with van der Waals surface area (Å²) in [7, 11) is 0. The second-order valence-electron chi connectivity index (χ2n) is 2.96. The first kappa shape index (κ1) is 10.8. The van der Waals surface area contributed by atoms with Gasteiger partial charge in [-0.2, -0.15) is 21.9 Å². The van der Waals surface area contributed by atoms with Crippen LogP contribution < -0.4 is 0 Å².